The Hall–Kier alpha value is -2.61. The molecule has 2 rings (SSSR count). The molecule has 1 aromatic heterocycles. The van der Waals surface area contributed by atoms with Gasteiger partial charge in [-0.2, -0.15) is 0 Å². The van der Waals surface area contributed by atoms with Gasteiger partial charge in [-0.25, -0.2) is 0 Å². The van der Waals surface area contributed by atoms with Crippen LogP contribution in [-0.2, 0) is 24.9 Å². The first-order valence-electron chi connectivity index (χ1n) is 9.14. The summed E-state index contributed by atoms with van der Waals surface area (Å²) in [5, 5.41) is 14.8. The van der Waals surface area contributed by atoms with E-state index in [0.717, 1.165) is 28.5 Å². The highest BCUT2D eigenvalue weighted by molar-refractivity contribution is 5.79. The van der Waals surface area contributed by atoms with Gasteiger partial charge in [0.1, 0.15) is 18.2 Å². The first-order valence-corrected chi connectivity index (χ1v) is 9.14. The zero-order chi connectivity index (χ0) is 19.6. The van der Waals surface area contributed by atoms with Crippen molar-refractivity contribution in [3.05, 3.63) is 41.0 Å². The molecule has 1 aromatic carbocycles. The third-order valence-corrected chi connectivity index (χ3v) is 4.18. The number of aromatic nitrogens is 3. The van der Waals surface area contributed by atoms with E-state index in [1.54, 1.807) is 7.05 Å². The summed E-state index contributed by atoms with van der Waals surface area (Å²) in [4.78, 5) is 4.26. The highest BCUT2D eigenvalue weighted by Gasteiger charge is 2.08. The molecular weight excluding hydrogens is 344 g/mol. The molecule has 0 atom stereocenters. The molecule has 0 amide bonds. The summed E-state index contributed by atoms with van der Waals surface area (Å²) in [6, 6.07) is 6.18. The fourth-order valence-corrected chi connectivity index (χ4v) is 2.46. The summed E-state index contributed by atoms with van der Waals surface area (Å²) in [7, 11) is 3.69. The molecule has 8 nitrogen and oxygen atoms in total. The average Bonchev–Trinajstić information content (AvgIpc) is 2.98. The van der Waals surface area contributed by atoms with Gasteiger partial charge in [-0.3, -0.25) is 4.99 Å². The highest BCUT2D eigenvalue weighted by Crippen LogP contribution is 2.20. The number of aryl methyl sites for hydroxylation is 2. The average molecular weight is 374 g/mol. The van der Waals surface area contributed by atoms with Gasteiger partial charge < -0.3 is 24.7 Å². The first kappa shape index (κ1) is 20.7. The molecule has 27 heavy (non-hydrogen) atoms. The quantitative estimate of drug-likeness (QED) is 0.395. The van der Waals surface area contributed by atoms with E-state index in [9.17, 15) is 0 Å². The fraction of sp³-hybridized carbons (Fsp3) is 0.526. The van der Waals surface area contributed by atoms with Gasteiger partial charge in [0.05, 0.1) is 13.2 Å². The topological polar surface area (TPSA) is 85.6 Å². The fourth-order valence-electron chi connectivity index (χ4n) is 2.46. The predicted octanol–water partition coefficient (Wildman–Crippen LogP) is 1.71. The minimum atomic E-state index is 0.531. The van der Waals surface area contributed by atoms with Crippen LogP contribution in [0.1, 0.15) is 29.7 Å². The van der Waals surface area contributed by atoms with Gasteiger partial charge in [0.25, 0.3) is 0 Å². The predicted molar refractivity (Wildman–Crippen MR) is 106 cm³/mol. The molecule has 2 N–H and O–H groups in total. The van der Waals surface area contributed by atoms with Crippen molar-refractivity contribution in [3.63, 3.8) is 0 Å². The van der Waals surface area contributed by atoms with Crippen molar-refractivity contribution in [2.75, 3.05) is 26.9 Å². The van der Waals surface area contributed by atoms with Crippen LogP contribution in [-0.4, -0.2) is 47.6 Å². The minimum Gasteiger partial charge on any atom is -0.491 e. The Morgan fingerprint density at radius 3 is 2.59 bits per heavy atom. The van der Waals surface area contributed by atoms with Gasteiger partial charge in [0.15, 0.2) is 11.8 Å². The first-order chi connectivity index (χ1) is 13.0. The third kappa shape index (κ3) is 6.25. The number of guanidine groups is 1. The second-order valence-electron chi connectivity index (χ2n) is 6.16. The SMILES string of the molecule is CCOCCOc1cc(C)ccc1CNC(=NC)NCc1nnc(C)n1C. The summed E-state index contributed by atoms with van der Waals surface area (Å²) in [5.41, 5.74) is 2.22. The molecule has 0 aliphatic rings. The Balaban J connectivity index is 1.92. The molecule has 148 valence electrons. The second-order valence-corrected chi connectivity index (χ2v) is 6.16. The van der Waals surface area contributed by atoms with Crippen molar-refractivity contribution >= 4 is 5.96 Å². The maximum Gasteiger partial charge on any atom is 0.191 e. The van der Waals surface area contributed by atoms with Crippen LogP contribution in [0.4, 0.5) is 0 Å². The zero-order valence-corrected chi connectivity index (χ0v) is 16.9. The molecule has 1 heterocycles. The second kappa shape index (κ2) is 10.5. The third-order valence-electron chi connectivity index (χ3n) is 4.18. The summed E-state index contributed by atoms with van der Waals surface area (Å²) < 4.78 is 13.2. The number of rotatable bonds is 9. The number of benzene rings is 1. The molecule has 0 aliphatic carbocycles. The minimum absolute atomic E-state index is 0.531. The molecule has 0 fully saturated rings. The molecular formula is C19H30N6O2. The summed E-state index contributed by atoms with van der Waals surface area (Å²) in [6.07, 6.45) is 0. The van der Waals surface area contributed by atoms with Crippen molar-refractivity contribution < 1.29 is 9.47 Å². The Kier molecular flexibility index (Phi) is 8.06. The lowest BCUT2D eigenvalue weighted by Crippen LogP contribution is -2.37. The monoisotopic (exact) mass is 374 g/mol. The molecule has 2 aromatic rings. The standard InChI is InChI=1S/C19H30N6O2/c1-6-26-9-10-27-17-11-14(2)7-8-16(17)12-21-19(20-4)22-13-18-24-23-15(3)25(18)5/h7-8,11H,6,9-10,12-13H2,1-5H3,(H2,20,21,22). The van der Waals surface area contributed by atoms with Gasteiger partial charge in [0.2, 0.25) is 0 Å². The van der Waals surface area contributed by atoms with Crippen LogP contribution >= 0.6 is 0 Å². The number of hydrogen-bond donors (Lipinski definition) is 2. The molecule has 0 unspecified atom stereocenters. The van der Waals surface area contributed by atoms with Gasteiger partial charge in [-0.15, -0.1) is 10.2 Å². The zero-order valence-electron chi connectivity index (χ0n) is 16.9. The Morgan fingerprint density at radius 1 is 1.15 bits per heavy atom. The van der Waals surface area contributed by atoms with Crippen LogP contribution in [0.2, 0.25) is 0 Å². The molecule has 0 bridgehead atoms. The van der Waals surface area contributed by atoms with E-state index < -0.39 is 0 Å². The van der Waals surface area contributed by atoms with Gasteiger partial charge in [0, 0.05) is 32.8 Å². The molecule has 0 saturated carbocycles. The molecule has 0 saturated heterocycles. The largest absolute Gasteiger partial charge is 0.491 e. The van der Waals surface area contributed by atoms with Crippen molar-refractivity contribution in [3.8, 4) is 5.75 Å². The van der Waals surface area contributed by atoms with Crippen molar-refractivity contribution in [1.82, 2.24) is 25.4 Å². The lowest BCUT2D eigenvalue weighted by atomic mass is 10.1. The smallest absolute Gasteiger partial charge is 0.191 e. The molecule has 0 spiro atoms. The van der Waals surface area contributed by atoms with Crippen LogP contribution in [0.3, 0.4) is 0 Å². The van der Waals surface area contributed by atoms with Crippen LogP contribution in [0.25, 0.3) is 0 Å². The normalized spacial score (nSPS) is 11.5. The summed E-state index contributed by atoms with van der Waals surface area (Å²) in [5.74, 6) is 3.28. The highest BCUT2D eigenvalue weighted by atomic mass is 16.5. The number of nitrogens with zero attached hydrogens (tertiary/aromatic N) is 4. The van der Waals surface area contributed by atoms with E-state index in [0.29, 0.717) is 38.9 Å². The molecule has 0 radical (unpaired) electrons. The summed E-state index contributed by atoms with van der Waals surface area (Å²) >= 11 is 0. The lowest BCUT2D eigenvalue weighted by Gasteiger charge is -2.15. The lowest BCUT2D eigenvalue weighted by molar-refractivity contribution is 0.110. The van der Waals surface area contributed by atoms with Crippen molar-refractivity contribution in [2.24, 2.45) is 12.0 Å². The Morgan fingerprint density at radius 2 is 1.93 bits per heavy atom. The van der Waals surface area contributed by atoms with Crippen LogP contribution in [0, 0.1) is 13.8 Å². The van der Waals surface area contributed by atoms with Gasteiger partial charge >= 0.3 is 0 Å². The maximum atomic E-state index is 5.89. The molecule has 0 aliphatic heterocycles. The number of ether oxygens (including phenoxy) is 2. The molecule has 8 heteroatoms. The van der Waals surface area contributed by atoms with Crippen LogP contribution < -0.4 is 15.4 Å². The van der Waals surface area contributed by atoms with Crippen LogP contribution in [0.15, 0.2) is 23.2 Å². The van der Waals surface area contributed by atoms with Crippen molar-refractivity contribution in [1.29, 1.82) is 0 Å². The van der Waals surface area contributed by atoms with E-state index in [2.05, 4.69) is 44.9 Å². The van der Waals surface area contributed by atoms with E-state index in [1.165, 1.54) is 0 Å². The van der Waals surface area contributed by atoms with Gasteiger partial charge in [-0.05, 0) is 32.4 Å². The van der Waals surface area contributed by atoms with E-state index in [4.69, 9.17) is 9.47 Å². The summed E-state index contributed by atoms with van der Waals surface area (Å²) in [6.45, 7) is 8.90. The van der Waals surface area contributed by atoms with E-state index in [-0.39, 0.29) is 0 Å². The number of aliphatic imine (C=N–C) groups is 1. The van der Waals surface area contributed by atoms with Gasteiger partial charge in [-0.1, -0.05) is 12.1 Å². The number of hydrogen-bond acceptors (Lipinski definition) is 5. The Bertz CT molecular complexity index is 757. The van der Waals surface area contributed by atoms with E-state index >= 15 is 0 Å². The van der Waals surface area contributed by atoms with Crippen LogP contribution in [0.5, 0.6) is 5.75 Å². The maximum absolute atomic E-state index is 5.89. The number of nitrogens with one attached hydrogen (secondary N) is 2. The Labute approximate surface area is 161 Å². The van der Waals surface area contributed by atoms with E-state index in [1.807, 2.05) is 31.5 Å². The van der Waals surface area contributed by atoms with Crippen molar-refractivity contribution in [2.45, 2.75) is 33.9 Å².